The van der Waals surface area contributed by atoms with E-state index in [1.54, 1.807) is 13.2 Å². The standard InChI is InChI=1S/C20H26N4O3/c1-27-14-4-9-21-19(25)15-23-10-12-24(13-11-23)20(26)18-8-7-16-5-2-3-6-17(16)22-18/h2-3,5-8H,4,9-15H2,1H3,(H,21,25). The first-order valence-corrected chi connectivity index (χ1v) is 9.30. The molecule has 0 saturated carbocycles. The lowest BCUT2D eigenvalue weighted by molar-refractivity contribution is -0.122. The highest BCUT2D eigenvalue weighted by molar-refractivity contribution is 5.95. The van der Waals surface area contributed by atoms with Gasteiger partial charge in [0.05, 0.1) is 12.1 Å². The molecule has 1 saturated heterocycles. The highest BCUT2D eigenvalue weighted by atomic mass is 16.5. The molecule has 2 heterocycles. The first kappa shape index (κ1) is 19.3. The predicted octanol–water partition coefficient (Wildman–Crippen LogP) is 1.15. The third kappa shape index (κ3) is 5.24. The fourth-order valence-corrected chi connectivity index (χ4v) is 3.16. The van der Waals surface area contributed by atoms with Gasteiger partial charge in [0, 0.05) is 51.8 Å². The summed E-state index contributed by atoms with van der Waals surface area (Å²) in [5, 5.41) is 3.91. The number of pyridine rings is 1. The fourth-order valence-electron chi connectivity index (χ4n) is 3.16. The van der Waals surface area contributed by atoms with E-state index in [0.29, 0.717) is 51.6 Å². The molecule has 1 fully saturated rings. The van der Waals surface area contributed by atoms with Crippen molar-refractivity contribution >= 4 is 22.7 Å². The van der Waals surface area contributed by atoms with Crippen LogP contribution in [-0.4, -0.2) is 79.6 Å². The first-order chi connectivity index (χ1) is 13.2. The number of carbonyl (C=O) groups is 2. The molecule has 0 unspecified atom stereocenters. The van der Waals surface area contributed by atoms with E-state index in [4.69, 9.17) is 4.74 Å². The van der Waals surface area contributed by atoms with Crippen LogP contribution in [0.5, 0.6) is 0 Å². The number of fused-ring (bicyclic) bond motifs is 1. The topological polar surface area (TPSA) is 74.8 Å². The van der Waals surface area contributed by atoms with Crippen molar-refractivity contribution in [3.8, 4) is 0 Å². The van der Waals surface area contributed by atoms with Gasteiger partial charge in [0.15, 0.2) is 0 Å². The lowest BCUT2D eigenvalue weighted by Gasteiger charge is -2.34. The van der Waals surface area contributed by atoms with Gasteiger partial charge in [-0.05, 0) is 18.6 Å². The first-order valence-electron chi connectivity index (χ1n) is 9.30. The quantitative estimate of drug-likeness (QED) is 0.740. The van der Waals surface area contributed by atoms with Crippen LogP contribution >= 0.6 is 0 Å². The van der Waals surface area contributed by atoms with Crippen molar-refractivity contribution in [2.75, 3.05) is 53.0 Å². The van der Waals surface area contributed by atoms with Gasteiger partial charge in [-0.3, -0.25) is 14.5 Å². The van der Waals surface area contributed by atoms with Gasteiger partial charge in [-0.15, -0.1) is 0 Å². The Hall–Kier alpha value is -2.51. The van der Waals surface area contributed by atoms with Gasteiger partial charge < -0.3 is 15.0 Å². The second-order valence-electron chi connectivity index (χ2n) is 6.65. The van der Waals surface area contributed by atoms with Crippen LogP contribution in [-0.2, 0) is 9.53 Å². The molecule has 0 radical (unpaired) electrons. The second kappa shape index (κ2) is 9.43. The normalized spacial score (nSPS) is 15.1. The smallest absolute Gasteiger partial charge is 0.272 e. The minimum absolute atomic E-state index is 0.0158. The lowest BCUT2D eigenvalue weighted by Crippen LogP contribution is -2.51. The predicted molar refractivity (Wildman–Crippen MR) is 104 cm³/mol. The maximum Gasteiger partial charge on any atom is 0.272 e. The number of methoxy groups -OCH3 is 1. The van der Waals surface area contributed by atoms with Crippen LogP contribution in [0.25, 0.3) is 10.9 Å². The Balaban J connectivity index is 1.48. The summed E-state index contributed by atoms with van der Waals surface area (Å²) in [5.74, 6) is -0.0357. The summed E-state index contributed by atoms with van der Waals surface area (Å²) in [6, 6.07) is 11.5. The Morgan fingerprint density at radius 2 is 1.89 bits per heavy atom. The molecule has 0 atom stereocenters. The average Bonchev–Trinajstić information content (AvgIpc) is 2.71. The monoisotopic (exact) mass is 370 g/mol. The number of hydrogen-bond acceptors (Lipinski definition) is 5. The molecule has 2 aromatic rings. The molecule has 1 aromatic carbocycles. The van der Waals surface area contributed by atoms with Gasteiger partial charge in [-0.2, -0.15) is 0 Å². The van der Waals surface area contributed by atoms with Crippen LogP contribution in [0, 0.1) is 0 Å². The molecule has 0 aliphatic carbocycles. The number of benzene rings is 1. The van der Waals surface area contributed by atoms with Crippen molar-refractivity contribution in [1.82, 2.24) is 20.1 Å². The second-order valence-corrected chi connectivity index (χ2v) is 6.65. The molecule has 7 nitrogen and oxygen atoms in total. The Bertz CT molecular complexity index is 788. The van der Waals surface area contributed by atoms with Crippen LogP contribution in [0.4, 0.5) is 0 Å². The van der Waals surface area contributed by atoms with Crippen molar-refractivity contribution in [2.24, 2.45) is 0 Å². The molecule has 2 amide bonds. The van der Waals surface area contributed by atoms with Crippen molar-refractivity contribution in [3.05, 3.63) is 42.1 Å². The SMILES string of the molecule is COCCCNC(=O)CN1CCN(C(=O)c2ccc3ccccc3n2)CC1. The van der Waals surface area contributed by atoms with Gasteiger partial charge in [0.2, 0.25) is 5.91 Å². The minimum atomic E-state index is -0.0515. The van der Waals surface area contributed by atoms with Crippen molar-refractivity contribution in [1.29, 1.82) is 0 Å². The molecular formula is C20H26N4O3. The van der Waals surface area contributed by atoms with E-state index in [0.717, 1.165) is 17.3 Å². The molecule has 1 aliphatic heterocycles. The average molecular weight is 370 g/mol. The number of ether oxygens (including phenoxy) is 1. The van der Waals surface area contributed by atoms with E-state index in [2.05, 4.69) is 15.2 Å². The zero-order valence-corrected chi connectivity index (χ0v) is 15.7. The van der Waals surface area contributed by atoms with Gasteiger partial charge in [-0.25, -0.2) is 4.98 Å². The summed E-state index contributed by atoms with van der Waals surface area (Å²) >= 11 is 0. The number of aromatic nitrogens is 1. The third-order valence-electron chi connectivity index (χ3n) is 4.69. The molecular weight excluding hydrogens is 344 g/mol. The zero-order valence-electron chi connectivity index (χ0n) is 15.7. The van der Waals surface area contributed by atoms with Crippen LogP contribution in [0.1, 0.15) is 16.9 Å². The molecule has 144 valence electrons. The Labute approximate surface area is 159 Å². The van der Waals surface area contributed by atoms with Gasteiger partial charge in [0.1, 0.15) is 5.69 Å². The number of piperazine rings is 1. The number of carbonyl (C=O) groups excluding carboxylic acids is 2. The van der Waals surface area contributed by atoms with E-state index in [1.807, 2.05) is 35.2 Å². The Kier molecular flexibility index (Phi) is 6.73. The fraction of sp³-hybridized carbons (Fsp3) is 0.450. The summed E-state index contributed by atoms with van der Waals surface area (Å²) in [4.78, 5) is 33.1. The summed E-state index contributed by atoms with van der Waals surface area (Å²) in [6.07, 6.45) is 0.809. The summed E-state index contributed by atoms with van der Waals surface area (Å²) < 4.78 is 4.96. The molecule has 3 rings (SSSR count). The molecule has 1 aromatic heterocycles. The Morgan fingerprint density at radius 3 is 2.67 bits per heavy atom. The van der Waals surface area contributed by atoms with Gasteiger partial charge in [-0.1, -0.05) is 24.3 Å². The minimum Gasteiger partial charge on any atom is -0.385 e. The summed E-state index contributed by atoms with van der Waals surface area (Å²) in [7, 11) is 1.65. The van der Waals surface area contributed by atoms with Crippen molar-refractivity contribution in [2.45, 2.75) is 6.42 Å². The maximum atomic E-state index is 12.7. The zero-order chi connectivity index (χ0) is 19.1. The Morgan fingerprint density at radius 1 is 1.11 bits per heavy atom. The summed E-state index contributed by atoms with van der Waals surface area (Å²) in [5.41, 5.74) is 1.30. The van der Waals surface area contributed by atoms with Crippen molar-refractivity contribution in [3.63, 3.8) is 0 Å². The van der Waals surface area contributed by atoms with E-state index >= 15 is 0 Å². The molecule has 0 spiro atoms. The van der Waals surface area contributed by atoms with E-state index in [9.17, 15) is 9.59 Å². The molecule has 1 aliphatic rings. The molecule has 0 bridgehead atoms. The third-order valence-corrected chi connectivity index (χ3v) is 4.69. The number of rotatable bonds is 7. The van der Waals surface area contributed by atoms with Gasteiger partial charge >= 0.3 is 0 Å². The van der Waals surface area contributed by atoms with Gasteiger partial charge in [0.25, 0.3) is 5.91 Å². The number of hydrogen-bond donors (Lipinski definition) is 1. The number of para-hydroxylation sites is 1. The van der Waals surface area contributed by atoms with Crippen LogP contribution < -0.4 is 5.32 Å². The summed E-state index contributed by atoms with van der Waals surface area (Å²) in [6.45, 7) is 4.20. The largest absolute Gasteiger partial charge is 0.385 e. The number of nitrogens with one attached hydrogen (secondary N) is 1. The lowest BCUT2D eigenvalue weighted by atomic mass is 10.2. The molecule has 27 heavy (non-hydrogen) atoms. The van der Waals surface area contributed by atoms with Crippen molar-refractivity contribution < 1.29 is 14.3 Å². The van der Waals surface area contributed by atoms with E-state index in [1.165, 1.54) is 0 Å². The highest BCUT2D eigenvalue weighted by Gasteiger charge is 2.24. The molecule has 7 heteroatoms. The van der Waals surface area contributed by atoms with E-state index < -0.39 is 0 Å². The number of amides is 2. The number of nitrogens with zero attached hydrogens (tertiary/aromatic N) is 3. The highest BCUT2D eigenvalue weighted by Crippen LogP contribution is 2.14. The van der Waals surface area contributed by atoms with E-state index in [-0.39, 0.29) is 11.8 Å². The maximum absolute atomic E-state index is 12.7. The van der Waals surface area contributed by atoms with Crippen LogP contribution in [0.3, 0.4) is 0 Å². The van der Waals surface area contributed by atoms with Crippen LogP contribution in [0.15, 0.2) is 36.4 Å². The molecule has 1 N–H and O–H groups in total. The van der Waals surface area contributed by atoms with Crippen LogP contribution in [0.2, 0.25) is 0 Å².